The second-order valence-corrected chi connectivity index (χ2v) is 7.09. The molecule has 4 rings (SSSR count). The molecule has 0 aliphatic rings. The summed E-state index contributed by atoms with van der Waals surface area (Å²) in [4.78, 5) is 22.2. The third-order valence-corrected chi connectivity index (χ3v) is 5.17. The lowest BCUT2D eigenvalue weighted by Crippen LogP contribution is -2.05. The standard InChI is InChI=1S/C19H17N5O2S/c1-11-15-16(20)17(27-18(15)23-12(2)22-11)19(25)26-10-13-8-21-24(9-13)14-6-4-3-5-7-14/h3-9H,10,20H2,1-2H3. The van der Waals surface area contributed by atoms with Crippen LogP contribution in [0.3, 0.4) is 0 Å². The van der Waals surface area contributed by atoms with Crippen LogP contribution in [0.1, 0.15) is 26.8 Å². The fourth-order valence-corrected chi connectivity index (χ4v) is 3.94. The first-order chi connectivity index (χ1) is 13.0. The molecule has 8 heteroatoms. The van der Waals surface area contributed by atoms with Gasteiger partial charge in [-0.2, -0.15) is 5.10 Å². The number of rotatable bonds is 4. The highest BCUT2D eigenvalue weighted by Gasteiger charge is 2.21. The van der Waals surface area contributed by atoms with Gasteiger partial charge < -0.3 is 10.5 Å². The Morgan fingerprint density at radius 2 is 2.00 bits per heavy atom. The second kappa shape index (κ2) is 6.81. The van der Waals surface area contributed by atoms with Crippen molar-refractivity contribution in [3.8, 4) is 5.69 Å². The lowest BCUT2D eigenvalue weighted by molar-refractivity contribution is 0.0480. The molecule has 0 spiro atoms. The minimum atomic E-state index is -0.472. The Morgan fingerprint density at radius 1 is 1.22 bits per heavy atom. The normalized spacial score (nSPS) is 11.0. The predicted molar refractivity (Wildman–Crippen MR) is 104 cm³/mol. The molecule has 136 valence electrons. The Morgan fingerprint density at radius 3 is 2.78 bits per heavy atom. The number of nitrogens with two attached hydrogens (primary N) is 1. The number of aryl methyl sites for hydroxylation is 2. The van der Waals surface area contributed by atoms with E-state index >= 15 is 0 Å². The van der Waals surface area contributed by atoms with Crippen molar-refractivity contribution in [2.24, 2.45) is 0 Å². The number of fused-ring (bicyclic) bond motifs is 1. The Kier molecular flexibility index (Phi) is 4.33. The molecule has 0 saturated heterocycles. The first-order valence-corrected chi connectivity index (χ1v) is 9.14. The van der Waals surface area contributed by atoms with Gasteiger partial charge in [0.05, 0.1) is 28.7 Å². The number of aromatic nitrogens is 4. The summed E-state index contributed by atoms with van der Waals surface area (Å²) in [5, 5.41) is 5.01. The highest BCUT2D eigenvalue weighted by Crippen LogP contribution is 2.34. The molecule has 3 aromatic heterocycles. The molecule has 4 aromatic rings. The number of nitrogens with zero attached hydrogens (tertiary/aromatic N) is 4. The zero-order chi connectivity index (χ0) is 19.0. The molecule has 0 atom stereocenters. The number of benzene rings is 1. The quantitative estimate of drug-likeness (QED) is 0.546. The fourth-order valence-electron chi connectivity index (χ4n) is 2.85. The summed E-state index contributed by atoms with van der Waals surface area (Å²) in [7, 11) is 0. The molecule has 0 saturated carbocycles. The maximum atomic E-state index is 12.5. The molecule has 3 heterocycles. The van der Waals surface area contributed by atoms with Gasteiger partial charge in [0, 0.05) is 11.8 Å². The van der Waals surface area contributed by atoms with Gasteiger partial charge in [-0.25, -0.2) is 19.4 Å². The molecule has 0 unspecified atom stereocenters. The van der Waals surface area contributed by atoms with Gasteiger partial charge in [0.1, 0.15) is 22.1 Å². The van der Waals surface area contributed by atoms with E-state index in [0.29, 0.717) is 21.2 Å². The number of esters is 1. The van der Waals surface area contributed by atoms with Crippen LogP contribution in [0.5, 0.6) is 0 Å². The summed E-state index contributed by atoms with van der Waals surface area (Å²) < 4.78 is 7.17. The van der Waals surface area contributed by atoms with Gasteiger partial charge in [0.25, 0.3) is 0 Å². The van der Waals surface area contributed by atoms with Crippen molar-refractivity contribution in [2.45, 2.75) is 20.5 Å². The number of nitrogen functional groups attached to an aromatic ring is 1. The van der Waals surface area contributed by atoms with Crippen LogP contribution in [0, 0.1) is 13.8 Å². The molecule has 0 fully saturated rings. The minimum absolute atomic E-state index is 0.114. The molecular weight excluding hydrogens is 362 g/mol. The van der Waals surface area contributed by atoms with Gasteiger partial charge in [-0.15, -0.1) is 11.3 Å². The average Bonchev–Trinajstić information content (AvgIpc) is 3.25. The molecule has 0 amide bonds. The largest absolute Gasteiger partial charge is 0.456 e. The van der Waals surface area contributed by atoms with E-state index in [2.05, 4.69) is 15.1 Å². The Balaban J connectivity index is 1.52. The summed E-state index contributed by atoms with van der Waals surface area (Å²) in [6.07, 6.45) is 3.50. The fraction of sp³-hybridized carbons (Fsp3) is 0.158. The topological polar surface area (TPSA) is 95.9 Å². The smallest absolute Gasteiger partial charge is 0.350 e. The van der Waals surface area contributed by atoms with Crippen molar-refractivity contribution in [3.05, 3.63) is 64.7 Å². The number of thiophene rings is 1. The van der Waals surface area contributed by atoms with E-state index in [1.165, 1.54) is 11.3 Å². The number of carbonyl (C=O) groups is 1. The predicted octanol–water partition coefficient (Wildman–Crippen LogP) is 3.43. The van der Waals surface area contributed by atoms with Crippen molar-refractivity contribution in [1.82, 2.24) is 19.7 Å². The summed E-state index contributed by atoms with van der Waals surface area (Å²) >= 11 is 1.23. The summed E-state index contributed by atoms with van der Waals surface area (Å²) in [6.45, 7) is 3.78. The van der Waals surface area contributed by atoms with Gasteiger partial charge in [-0.3, -0.25) is 0 Å². The van der Waals surface area contributed by atoms with Crippen molar-refractivity contribution < 1.29 is 9.53 Å². The zero-order valence-corrected chi connectivity index (χ0v) is 15.7. The van der Waals surface area contributed by atoms with Gasteiger partial charge >= 0.3 is 5.97 Å². The number of para-hydroxylation sites is 1. The van der Waals surface area contributed by atoms with E-state index < -0.39 is 5.97 Å². The van der Waals surface area contributed by atoms with Crippen LogP contribution in [-0.4, -0.2) is 25.7 Å². The minimum Gasteiger partial charge on any atom is -0.456 e. The molecule has 2 N–H and O–H groups in total. The van der Waals surface area contributed by atoms with Crippen molar-refractivity contribution in [1.29, 1.82) is 0 Å². The lowest BCUT2D eigenvalue weighted by Gasteiger charge is -2.02. The highest BCUT2D eigenvalue weighted by atomic mass is 32.1. The van der Waals surface area contributed by atoms with Gasteiger partial charge in [-0.1, -0.05) is 18.2 Å². The molecule has 0 bridgehead atoms. The monoisotopic (exact) mass is 379 g/mol. The molecule has 0 radical (unpaired) electrons. The van der Waals surface area contributed by atoms with Crippen LogP contribution in [0.2, 0.25) is 0 Å². The van der Waals surface area contributed by atoms with E-state index in [1.54, 1.807) is 10.9 Å². The van der Waals surface area contributed by atoms with Crippen LogP contribution in [-0.2, 0) is 11.3 Å². The lowest BCUT2D eigenvalue weighted by atomic mass is 10.2. The average molecular weight is 379 g/mol. The second-order valence-electron chi connectivity index (χ2n) is 6.09. The van der Waals surface area contributed by atoms with E-state index in [-0.39, 0.29) is 6.61 Å². The summed E-state index contributed by atoms with van der Waals surface area (Å²) in [5.41, 5.74) is 9.01. The Labute approximate surface area is 159 Å². The van der Waals surface area contributed by atoms with Crippen molar-refractivity contribution >= 4 is 33.2 Å². The number of carbonyl (C=O) groups excluding carboxylic acids is 1. The third kappa shape index (κ3) is 3.26. The van der Waals surface area contributed by atoms with E-state index in [9.17, 15) is 4.79 Å². The third-order valence-electron chi connectivity index (χ3n) is 4.09. The Bertz CT molecular complexity index is 1130. The number of hydrogen-bond donors (Lipinski definition) is 1. The van der Waals surface area contributed by atoms with E-state index in [1.807, 2.05) is 50.4 Å². The summed E-state index contributed by atoms with van der Waals surface area (Å²) in [5.74, 6) is 0.175. The zero-order valence-electron chi connectivity index (χ0n) is 14.8. The van der Waals surface area contributed by atoms with Crippen LogP contribution < -0.4 is 5.73 Å². The SMILES string of the molecule is Cc1nc(C)c2c(N)c(C(=O)OCc3cnn(-c4ccccc4)c3)sc2n1. The molecule has 1 aromatic carbocycles. The molecular formula is C19H17N5O2S. The van der Waals surface area contributed by atoms with Crippen LogP contribution in [0.15, 0.2) is 42.7 Å². The van der Waals surface area contributed by atoms with Gasteiger partial charge in [0.2, 0.25) is 0 Å². The van der Waals surface area contributed by atoms with Crippen LogP contribution in [0.4, 0.5) is 5.69 Å². The number of hydrogen-bond acceptors (Lipinski definition) is 7. The molecule has 7 nitrogen and oxygen atoms in total. The van der Waals surface area contributed by atoms with E-state index in [0.717, 1.165) is 22.3 Å². The van der Waals surface area contributed by atoms with Crippen molar-refractivity contribution in [3.63, 3.8) is 0 Å². The van der Waals surface area contributed by atoms with Crippen LogP contribution >= 0.6 is 11.3 Å². The molecule has 27 heavy (non-hydrogen) atoms. The molecule has 0 aliphatic carbocycles. The van der Waals surface area contributed by atoms with Gasteiger partial charge in [0.15, 0.2) is 0 Å². The van der Waals surface area contributed by atoms with Crippen molar-refractivity contribution in [2.75, 3.05) is 5.73 Å². The highest BCUT2D eigenvalue weighted by molar-refractivity contribution is 7.21. The Hall–Kier alpha value is -3.26. The first kappa shape index (κ1) is 17.2. The maximum absolute atomic E-state index is 12.5. The van der Waals surface area contributed by atoms with E-state index in [4.69, 9.17) is 10.5 Å². The number of ether oxygens (including phenoxy) is 1. The molecule has 0 aliphatic heterocycles. The van der Waals surface area contributed by atoms with Crippen LogP contribution in [0.25, 0.3) is 15.9 Å². The maximum Gasteiger partial charge on any atom is 0.350 e. The number of anilines is 1. The first-order valence-electron chi connectivity index (χ1n) is 8.32. The summed E-state index contributed by atoms with van der Waals surface area (Å²) in [6, 6.07) is 9.72. The van der Waals surface area contributed by atoms with Gasteiger partial charge in [-0.05, 0) is 26.0 Å².